The number of rotatable bonds is 4. The Kier molecular flexibility index (Phi) is 6.18. The summed E-state index contributed by atoms with van der Waals surface area (Å²) in [6.07, 6.45) is 5.77. The number of carbonyl (C=O) groups is 2. The fourth-order valence-corrected chi connectivity index (χ4v) is 7.14. The van der Waals surface area contributed by atoms with Gasteiger partial charge in [0.15, 0.2) is 0 Å². The molecule has 0 aromatic heterocycles. The van der Waals surface area contributed by atoms with Crippen LogP contribution in [0.5, 0.6) is 0 Å². The van der Waals surface area contributed by atoms with Crippen LogP contribution in [0.4, 0.5) is 4.79 Å². The average Bonchev–Trinajstić information content (AvgIpc) is 2.68. The molecule has 4 fully saturated rings. The summed E-state index contributed by atoms with van der Waals surface area (Å²) in [7, 11) is -3.21. The number of amides is 3. The molecule has 0 saturated carbocycles. The molecule has 29 heavy (non-hydrogen) atoms. The maximum absolute atomic E-state index is 13.1. The summed E-state index contributed by atoms with van der Waals surface area (Å²) in [6, 6.07) is 0.324. The third-order valence-electron chi connectivity index (χ3n) is 7.03. The largest absolute Gasteiger partial charge is 0.598 e. The van der Waals surface area contributed by atoms with Crippen molar-refractivity contribution in [3.63, 3.8) is 0 Å². The Bertz CT molecular complexity index is 681. The Hall–Kier alpha value is -1.19. The zero-order valence-corrected chi connectivity index (χ0v) is 18.2. The number of hydrogen-bond donors (Lipinski definition) is 1. The molecule has 2 bridgehead atoms. The van der Waals surface area contributed by atoms with E-state index in [1.807, 2.05) is 16.7 Å². The van der Waals surface area contributed by atoms with Gasteiger partial charge in [-0.05, 0) is 50.4 Å². The SMILES string of the molecule is CCC[S+](=O)([O-])NC1CCN(C(=O)N2CC3CC(C2)[C@H]2CCCC(=O)N2C3)CC1. The summed E-state index contributed by atoms with van der Waals surface area (Å²) in [5.41, 5.74) is 0. The molecule has 0 aliphatic carbocycles. The fourth-order valence-electron chi connectivity index (χ4n) is 5.74. The predicted octanol–water partition coefficient (Wildman–Crippen LogP) is 1.45. The van der Waals surface area contributed by atoms with Crippen molar-refractivity contribution in [1.29, 1.82) is 0 Å². The van der Waals surface area contributed by atoms with Gasteiger partial charge in [-0.3, -0.25) is 4.79 Å². The van der Waals surface area contributed by atoms with Gasteiger partial charge >= 0.3 is 6.03 Å². The molecule has 3 amide bonds. The van der Waals surface area contributed by atoms with Gasteiger partial charge in [-0.1, -0.05) is 11.1 Å². The first-order valence-corrected chi connectivity index (χ1v) is 12.8. The van der Waals surface area contributed by atoms with E-state index in [1.54, 1.807) is 0 Å². The van der Waals surface area contributed by atoms with Gasteiger partial charge in [-0.25, -0.2) is 4.79 Å². The fraction of sp³-hybridized carbons (Fsp3) is 0.900. The van der Waals surface area contributed by atoms with Gasteiger partial charge in [-0.2, -0.15) is 0 Å². The summed E-state index contributed by atoms with van der Waals surface area (Å²) in [6.45, 7) is 5.32. The molecule has 164 valence electrons. The predicted molar refractivity (Wildman–Crippen MR) is 110 cm³/mol. The Morgan fingerprint density at radius 2 is 1.93 bits per heavy atom. The highest BCUT2D eigenvalue weighted by atomic mass is 32.3. The average molecular weight is 427 g/mol. The number of nitrogens with one attached hydrogen (secondary N) is 1. The van der Waals surface area contributed by atoms with Gasteiger partial charge < -0.3 is 19.3 Å². The van der Waals surface area contributed by atoms with E-state index in [4.69, 9.17) is 0 Å². The van der Waals surface area contributed by atoms with Gasteiger partial charge in [-0.15, -0.1) is 4.72 Å². The molecule has 9 heteroatoms. The summed E-state index contributed by atoms with van der Waals surface area (Å²) >= 11 is 0. The highest BCUT2D eigenvalue weighted by molar-refractivity contribution is 7.95. The molecular weight excluding hydrogens is 392 g/mol. The second kappa shape index (κ2) is 8.51. The van der Waals surface area contributed by atoms with Gasteiger partial charge in [0.05, 0.1) is 6.04 Å². The van der Waals surface area contributed by atoms with Crippen molar-refractivity contribution in [3.05, 3.63) is 0 Å². The van der Waals surface area contributed by atoms with Gasteiger partial charge in [0, 0.05) is 45.2 Å². The maximum Gasteiger partial charge on any atom is 0.320 e. The second-order valence-electron chi connectivity index (χ2n) is 9.25. The minimum atomic E-state index is -3.21. The molecule has 8 nitrogen and oxygen atoms in total. The van der Waals surface area contributed by atoms with Crippen LogP contribution in [-0.4, -0.2) is 81.8 Å². The summed E-state index contributed by atoms with van der Waals surface area (Å²) < 4.78 is 26.8. The van der Waals surface area contributed by atoms with Gasteiger partial charge in [0.25, 0.3) is 0 Å². The van der Waals surface area contributed by atoms with Gasteiger partial charge in [0.1, 0.15) is 16.2 Å². The Balaban J connectivity index is 1.31. The van der Waals surface area contributed by atoms with Crippen LogP contribution >= 0.6 is 0 Å². The van der Waals surface area contributed by atoms with E-state index in [1.165, 1.54) is 0 Å². The van der Waals surface area contributed by atoms with Crippen LogP contribution in [0.3, 0.4) is 0 Å². The van der Waals surface area contributed by atoms with E-state index < -0.39 is 10.4 Å². The van der Waals surface area contributed by atoms with E-state index in [2.05, 4.69) is 9.62 Å². The zero-order valence-electron chi connectivity index (χ0n) is 17.4. The third kappa shape index (κ3) is 4.61. The van der Waals surface area contributed by atoms with Crippen LogP contribution in [0.2, 0.25) is 0 Å². The number of sulfonamides is 1. The minimum absolute atomic E-state index is 0.0712. The number of fused-ring (bicyclic) bond motifs is 4. The molecule has 0 aromatic rings. The van der Waals surface area contributed by atoms with Crippen molar-refractivity contribution in [2.75, 3.05) is 38.5 Å². The molecule has 4 saturated heterocycles. The lowest BCUT2D eigenvalue weighted by Crippen LogP contribution is -2.62. The topological polar surface area (TPSA) is 96.0 Å². The lowest BCUT2D eigenvalue weighted by Gasteiger charge is -2.53. The molecule has 4 aliphatic heterocycles. The van der Waals surface area contributed by atoms with Gasteiger partial charge in [0.2, 0.25) is 5.91 Å². The molecule has 0 spiro atoms. The Labute approximate surface area is 174 Å². The van der Waals surface area contributed by atoms with Crippen molar-refractivity contribution in [1.82, 2.24) is 19.4 Å². The first-order chi connectivity index (χ1) is 13.9. The van der Waals surface area contributed by atoms with Crippen LogP contribution in [0.15, 0.2) is 0 Å². The smallest absolute Gasteiger partial charge is 0.320 e. The zero-order chi connectivity index (χ0) is 20.6. The van der Waals surface area contributed by atoms with Crippen molar-refractivity contribution in [3.8, 4) is 0 Å². The van der Waals surface area contributed by atoms with Crippen molar-refractivity contribution in [2.24, 2.45) is 11.8 Å². The van der Waals surface area contributed by atoms with Crippen molar-refractivity contribution < 1.29 is 18.4 Å². The first kappa shape index (κ1) is 21.1. The molecule has 0 radical (unpaired) electrons. The van der Waals surface area contributed by atoms with E-state index in [9.17, 15) is 18.4 Å². The minimum Gasteiger partial charge on any atom is -0.598 e. The monoisotopic (exact) mass is 426 g/mol. The number of carbonyl (C=O) groups excluding carboxylic acids is 2. The van der Waals surface area contributed by atoms with Crippen LogP contribution in [0.25, 0.3) is 0 Å². The molecule has 4 rings (SSSR count). The molecule has 1 N–H and O–H groups in total. The number of hydrogen-bond acceptors (Lipinski definition) is 4. The number of urea groups is 1. The molecule has 4 atom stereocenters. The van der Waals surface area contributed by atoms with Crippen LogP contribution in [-0.2, 0) is 19.4 Å². The lowest BCUT2D eigenvalue weighted by molar-refractivity contribution is -0.144. The first-order valence-electron chi connectivity index (χ1n) is 11.2. The number of piperidine rings is 4. The number of nitrogens with zero attached hydrogens (tertiary/aromatic N) is 3. The van der Waals surface area contributed by atoms with Crippen LogP contribution in [0, 0.1) is 11.8 Å². The van der Waals surface area contributed by atoms with E-state index >= 15 is 0 Å². The van der Waals surface area contributed by atoms with E-state index in [0.29, 0.717) is 62.6 Å². The molecule has 4 heterocycles. The lowest BCUT2D eigenvalue weighted by atomic mass is 9.76. The van der Waals surface area contributed by atoms with E-state index in [0.717, 1.165) is 38.9 Å². The van der Waals surface area contributed by atoms with E-state index in [-0.39, 0.29) is 17.8 Å². The quantitative estimate of drug-likeness (QED) is 0.688. The Morgan fingerprint density at radius 1 is 1.17 bits per heavy atom. The van der Waals surface area contributed by atoms with Crippen molar-refractivity contribution >= 4 is 22.3 Å². The standard InChI is InChI=1S/C20H34N4O4S/c1-2-10-29(27,28)21-17-6-8-22(9-7-17)20(26)23-12-15-11-16(14-23)18-4-3-5-19(25)24(18)13-15/h15-18H,2-14H2,1H3,(H-,21,27,28)/t15?,16?,18-/m1/s1. The summed E-state index contributed by atoms with van der Waals surface area (Å²) in [4.78, 5) is 31.4. The summed E-state index contributed by atoms with van der Waals surface area (Å²) in [5, 5.41) is 0. The maximum atomic E-state index is 13.1. The highest BCUT2D eigenvalue weighted by Crippen LogP contribution is 2.38. The third-order valence-corrected chi connectivity index (χ3v) is 8.67. The van der Waals surface area contributed by atoms with Crippen LogP contribution in [0.1, 0.15) is 51.9 Å². The van der Waals surface area contributed by atoms with Crippen molar-refractivity contribution in [2.45, 2.75) is 64.0 Å². The normalized spacial score (nSPS) is 32.7. The molecular formula is C20H34N4O4S. The molecule has 0 aromatic carbocycles. The second-order valence-corrected chi connectivity index (χ2v) is 11.1. The van der Waals surface area contributed by atoms with Crippen LogP contribution < -0.4 is 4.72 Å². The Morgan fingerprint density at radius 3 is 2.66 bits per heavy atom. The highest BCUT2D eigenvalue weighted by Gasteiger charge is 2.45. The molecule has 4 aliphatic rings. The molecule has 3 unspecified atom stereocenters. The summed E-state index contributed by atoms with van der Waals surface area (Å²) in [5.74, 6) is 1.23. The number of likely N-dealkylation sites (tertiary alicyclic amines) is 2.